The molecule has 0 aliphatic rings. The molecule has 0 bridgehead atoms. The molecule has 2 N–H and O–H groups in total. The minimum atomic E-state index is 0.295. The van der Waals surface area contributed by atoms with Crippen LogP contribution in [0, 0.1) is 6.92 Å². The SMILES string of the molecule is CCn1cc(NCc2ccc(O)cc2)c(C)n1. The number of nitrogens with one attached hydrogen (secondary N) is 1. The maximum Gasteiger partial charge on any atom is 0.115 e. The fraction of sp³-hybridized carbons (Fsp3) is 0.308. The fourth-order valence-corrected chi connectivity index (χ4v) is 1.66. The molecule has 2 aromatic rings. The number of anilines is 1. The van der Waals surface area contributed by atoms with Gasteiger partial charge in [0.05, 0.1) is 11.4 Å². The van der Waals surface area contributed by atoms with E-state index in [1.807, 2.05) is 29.9 Å². The van der Waals surface area contributed by atoms with E-state index in [1.165, 1.54) is 0 Å². The first kappa shape index (κ1) is 11.5. The van der Waals surface area contributed by atoms with Gasteiger partial charge >= 0.3 is 0 Å². The number of aryl methyl sites for hydroxylation is 2. The molecule has 0 aliphatic heterocycles. The molecule has 0 radical (unpaired) electrons. The van der Waals surface area contributed by atoms with Gasteiger partial charge in [0.25, 0.3) is 0 Å². The third-order valence-electron chi connectivity index (χ3n) is 2.69. The highest BCUT2D eigenvalue weighted by Gasteiger charge is 2.03. The number of phenols is 1. The summed E-state index contributed by atoms with van der Waals surface area (Å²) in [5.41, 5.74) is 3.19. The van der Waals surface area contributed by atoms with E-state index in [4.69, 9.17) is 0 Å². The Balaban J connectivity index is 2.01. The van der Waals surface area contributed by atoms with Crippen molar-refractivity contribution in [2.75, 3.05) is 5.32 Å². The molecule has 90 valence electrons. The highest BCUT2D eigenvalue weighted by atomic mass is 16.3. The van der Waals surface area contributed by atoms with E-state index in [0.29, 0.717) is 5.75 Å². The van der Waals surface area contributed by atoms with Crippen molar-refractivity contribution in [3.63, 3.8) is 0 Å². The molecule has 4 heteroatoms. The number of rotatable bonds is 4. The Kier molecular flexibility index (Phi) is 3.32. The van der Waals surface area contributed by atoms with Crippen LogP contribution in [0.2, 0.25) is 0 Å². The van der Waals surface area contributed by atoms with E-state index in [2.05, 4.69) is 17.3 Å². The second-order valence-corrected chi connectivity index (χ2v) is 4.00. The first-order valence-electron chi connectivity index (χ1n) is 5.75. The molecule has 2 rings (SSSR count). The molecule has 4 nitrogen and oxygen atoms in total. The van der Waals surface area contributed by atoms with Gasteiger partial charge in [-0.05, 0) is 31.5 Å². The standard InChI is InChI=1S/C13H17N3O/c1-3-16-9-13(10(2)15-16)14-8-11-4-6-12(17)7-5-11/h4-7,9,14,17H,3,8H2,1-2H3. The fourth-order valence-electron chi connectivity index (χ4n) is 1.66. The van der Waals surface area contributed by atoms with Gasteiger partial charge in [0.1, 0.15) is 5.75 Å². The largest absolute Gasteiger partial charge is 0.508 e. The predicted octanol–water partition coefficient (Wildman–Crippen LogP) is 2.53. The quantitative estimate of drug-likeness (QED) is 0.850. The van der Waals surface area contributed by atoms with Crippen LogP contribution >= 0.6 is 0 Å². The molecule has 0 fully saturated rings. The Hall–Kier alpha value is -1.97. The maximum atomic E-state index is 9.19. The van der Waals surface area contributed by atoms with Crippen LogP contribution in [-0.4, -0.2) is 14.9 Å². The van der Waals surface area contributed by atoms with Crippen LogP contribution in [0.1, 0.15) is 18.2 Å². The molecule has 0 saturated heterocycles. The molecule has 0 amide bonds. The smallest absolute Gasteiger partial charge is 0.115 e. The van der Waals surface area contributed by atoms with Crippen molar-refractivity contribution >= 4 is 5.69 Å². The van der Waals surface area contributed by atoms with Crippen LogP contribution in [0.5, 0.6) is 5.75 Å². The van der Waals surface area contributed by atoms with Crippen LogP contribution in [0.3, 0.4) is 0 Å². The van der Waals surface area contributed by atoms with Gasteiger partial charge in [0.15, 0.2) is 0 Å². The van der Waals surface area contributed by atoms with Crippen molar-refractivity contribution in [3.8, 4) is 5.75 Å². The second-order valence-electron chi connectivity index (χ2n) is 4.00. The third-order valence-corrected chi connectivity index (χ3v) is 2.69. The number of benzene rings is 1. The monoisotopic (exact) mass is 231 g/mol. The summed E-state index contributed by atoms with van der Waals surface area (Å²) in [6.45, 7) is 5.67. The average Bonchev–Trinajstić information content (AvgIpc) is 2.69. The van der Waals surface area contributed by atoms with Crippen molar-refractivity contribution < 1.29 is 5.11 Å². The zero-order valence-electron chi connectivity index (χ0n) is 10.1. The topological polar surface area (TPSA) is 50.1 Å². The molecule has 0 aliphatic carbocycles. The molecular weight excluding hydrogens is 214 g/mol. The van der Waals surface area contributed by atoms with E-state index in [0.717, 1.165) is 30.0 Å². The molecule has 0 saturated carbocycles. The first-order valence-corrected chi connectivity index (χ1v) is 5.75. The van der Waals surface area contributed by atoms with Crippen LogP contribution < -0.4 is 5.32 Å². The Morgan fingerprint density at radius 2 is 2.00 bits per heavy atom. The molecule has 0 unspecified atom stereocenters. The summed E-state index contributed by atoms with van der Waals surface area (Å²) in [5, 5.41) is 16.9. The Morgan fingerprint density at radius 3 is 2.59 bits per heavy atom. The predicted molar refractivity (Wildman–Crippen MR) is 68.1 cm³/mol. The Morgan fingerprint density at radius 1 is 1.29 bits per heavy atom. The summed E-state index contributed by atoms with van der Waals surface area (Å²) >= 11 is 0. The van der Waals surface area contributed by atoms with Gasteiger partial charge in [-0.3, -0.25) is 4.68 Å². The van der Waals surface area contributed by atoms with E-state index in [1.54, 1.807) is 12.1 Å². The summed E-state index contributed by atoms with van der Waals surface area (Å²) < 4.78 is 1.91. The van der Waals surface area contributed by atoms with Gasteiger partial charge in [0.2, 0.25) is 0 Å². The number of hydrogen-bond acceptors (Lipinski definition) is 3. The minimum Gasteiger partial charge on any atom is -0.508 e. The normalized spacial score (nSPS) is 10.5. The van der Waals surface area contributed by atoms with Gasteiger partial charge in [0, 0.05) is 19.3 Å². The van der Waals surface area contributed by atoms with Gasteiger partial charge < -0.3 is 10.4 Å². The number of nitrogens with zero attached hydrogens (tertiary/aromatic N) is 2. The van der Waals surface area contributed by atoms with Crippen molar-refractivity contribution in [2.24, 2.45) is 0 Å². The van der Waals surface area contributed by atoms with Crippen molar-refractivity contribution in [1.29, 1.82) is 0 Å². The molecule has 1 aromatic carbocycles. The summed E-state index contributed by atoms with van der Waals surface area (Å²) in [4.78, 5) is 0. The number of aromatic nitrogens is 2. The molecule has 17 heavy (non-hydrogen) atoms. The average molecular weight is 231 g/mol. The summed E-state index contributed by atoms with van der Waals surface area (Å²) in [5.74, 6) is 0.295. The highest BCUT2D eigenvalue weighted by Crippen LogP contribution is 2.15. The maximum absolute atomic E-state index is 9.19. The van der Waals surface area contributed by atoms with Gasteiger partial charge in [-0.1, -0.05) is 12.1 Å². The summed E-state index contributed by atoms with van der Waals surface area (Å²) in [7, 11) is 0. The molecule has 1 aromatic heterocycles. The molecular formula is C13H17N3O. The molecule has 0 spiro atoms. The minimum absolute atomic E-state index is 0.295. The molecule has 0 atom stereocenters. The number of hydrogen-bond donors (Lipinski definition) is 2. The zero-order chi connectivity index (χ0) is 12.3. The lowest BCUT2D eigenvalue weighted by Crippen LogP contribution is -1.99. The van der Waals surface area contributed by atoms with E-state index < -0.39 is 0 Å². The van der Waals surface area contributed by atoms with Crippen LogP contribution in [-0.2, 0) is 13.1 Å². The van der Waals surface area contributed by atoms with Gasteiger partial charge in [-0.15, -0.1) is 0 Å². The third kappa shape index (κ3) is 2.78. The number of aromatic hydroxyl groups is 1. The van der Waals surface area contributed by atoms with E-state index in [9.17, 15) is 5.11 Å². The lowest BCUT2D eigenvalue weighted by atomic mass is 10.2. The highest BCUT2D eigenvalue weighted by molar-refractivity contribution is 5.46. The van der Waals surface area contributed by atoms with E-state index >= 15 is 0 Å². The van der Waals surface area contributed by atoms with Crippen LogP contribution in [0.25, 0.3) is 0 Å². The lowest BCUT2D eigenvalue weighted by molar-refractivity contribution is 0.475. The summed E-state index contributed by atoms with van der Waals surface area (Å²) in [6, 6.07) is 7.20. The number of phenolic OH excluding ortho intramolecular Hbond substituents is 1. The first-order chi connectivity index (χ1) is 8.19. The zero-order valence-corrected chi connectivity index (χ0v) is 10.1. The lowest BCUT2D eigenvalue weighted by Gasteiger charge is -2.04. The summed E-state index contributed by atoms with van der Waals surface area (Å²) in [6.07, 6.45) is 2.01. The van der Waals surface area contributed by atoms with Gasteiger partial charge in [-0.25, -0.2) is 0 Å². The Bertz CT molecular complexity index is 488. The van der Waals surface area contributed by atoms with Gasteiger partial charge in [-0.2, -0.15) is 5.10 Å². The van der Waals surface area contributed by atoms with Crippen molar-refractivity contribution in [2.45, 2.75) is 26.9 Å². The van der Waals surface area contributed by atoms with Crippen molar-refractivity contribution in [3.05, 3.63) is 41.7 Å². The van der Waals surface area contributed by atoms with Crippen LogP contribution in [0.4, 0.5) is 5.69 Å². The second kappa shape index (κ2) is 4.91. The molecule has 1 heterocycles. The Labute approximate surface area is 101 Å². The van der Waals surface area contributed by atoms with E-state index in [-0.39, 0.29) is 0 Å². The van der Waals surface area contributed by atoms with Crippen molar-refractivity contribution in [1.82, 2.24) is 9.78 Å². The van der Waals surface area contributed by atoms with Crippen LogP contribution in [0.15, 0.2) is 30.5 Å².